The molecule has 0 fully saturated rings. The van der Waals surface area contributed by atoms with Gasteiger partial charge in [0.05, 0.1) is 0 Å². The lowest BCUT2D eigenvalue weighted by atomic mass is 9.99. The summed E-state index contributed by atoms with van der Waals surface area (Å²) in [5.41, 5.74) is 9.77. The summed E-state index contributed by atoms with van der Waals surface area (Å²) in [4.78, 5) is 15.2. The zero-order valence-electron chi connectivity index (χ0n) is 25.1. The van der Waals surface area contributed by atoms with E-state index in [1.165, 1.54) is 16.5 Å². The molecule has 0 bridgehead atoms. The molecule has 46 heavy (non-hydrogen) atoms. The summed E-state index contributed by atoms with van der Waals surface area (Å²) < 4.78 is 0. The Balaban J connectivity index is 1.26. The van der Waals surface area contributed by atoms with Crippen molar-refractivity contribution in [2.45, 2.75) is 0 Å². The smallest absolute Gasteiger partial charge is 0.164 e. The van der Waals surface area contributed by atoms with Gasteiger partial charge in [-0.1, -0.05) is 152 Å². The molecular formula is C43H29N3. The molecule has 0 saturated heterocycles. The largest absolute Gasteiger partial charge is 0.208 e. The SMILES string of the molecule is c1ccc(-c2cccc(-c3nc(-c4cccc(-c5ccccc5)c4)nc(-c4ccc5cc(-c6ccccc6)ccc5c4)n3)c2)cc1. The molecule has 0 atom stereocenters. The number of hydrogen-bond acceptors (Lipinski definition) is 3. The Kier molecular flexibility index (Phi) is 7.18. The van der Waals surface area contributed by atoms with Gasteiger partial charge in [-0.2, -0.15) is 0 Å². The predicted molar refractivity (Wildman–Crippen MR) is 190 cm³/mol. The molecule has 0 spiro atoms. The summed E-state index contributed by atoms with van der Waals surface area (Å²) in [5, 5.41) is 2.31. The molecule has 0 aliphatic rings. The lowest BCUT2D eigenvalue weighted by Gasteiger charge is -2.11. The molecule has 7 aromatic carbocycles. The highest BCUT2D eigenvalue weighted by molar-refractivity contribution is 5.90. The van der Waals surface area contributed by atoms with Crippen LogP contribution in [0.1, 0.15) is 0 Å². The average Bonchev–Trinajstić information content (AvgIpc) is 3.15. The number of rotatable bonds is 6. The summed E-state index contributed by atoms with van der Waals surface area (Å²) in [7, 11) is 0. The summed E-state index contributed by atoms with van der Waals surface area (Å²) in [6.45, 7) is 0. The fourth-order valence-corrected chi connectivity index (χ4v) is 5.90. The van der Waals surface area contributed by atoms with Crippen molar-refractivity contribution in [3.63, 3.8) is 0 Å². The van der Waals surface area contributed by atoms with Crippen molar-refractivity contribution >= 4 is 10.8 Å². The van der Waals surface area contributed by atoms with Crippen molar-refractivity contribution in [2.75, 3.05) is 0 Å². The molecule has 0 aliphatic heterocycles. The molecule has 0 amide bonds. The van der Waals surface area contributed by atoms with E-state index in [0.29, 0.717) is 17.5 Å². The monoisotopic (exact) mass is 587 g/mol. The standard InChI is InChI=1S/C43H29N3/c1-4-12-30(13-5-1)33-18-10-20-38(27-33)41-44-42(39-21-11-19-34(28-39)31-14-6-2-7-15-31)46-43(45-41)40-25-24-36-26-35(22-23-37(36)29-40)32-16-8-3-9-17-32/h1-29H. The minimum absolute atomic E-state index is 0.641. The van der Waals surface area contributed by atoms with Crippen molar-refractivity contribution in [3.05, 3.63) is 176 Å². The zero-order chi connectivity index (χ0) is 30.7. The van der Waals surface area contributed by atoms with Crippen molar-refractivity contribution < 1.29 is 0 Å². The second kappa shape index (κ2) is 12.1. The fraction of sp³-hybridized carbons (Fsp3) is 0. The lowest BCUT2D eigenvalue weighted by Crippen LogP contribution is -2.00. The summed E-state index contributed by atoms with van der Waals surface area (Å²) in [5.74, 6) is 1.93. The topological polar surface area (TPSA) is 38.7 Å². The number of fused-ring (bicyclic) bond motifs is 1. The second-order valence-corrected chi connectivity index (χ2v) is 11.3. The molecule has 3 heteroatoms. The third kappa shape index (κ3) is 5.58. The zero-order valence-corrected chi connectivity index (χ0v) is 25.1. The van der Waals surface area contributed by atoms with Crippen molar-refractivity contribution in [1.29, 1.82) is 0 Å². The van der Waals surface area contributed by atoms with Crippen LogP contribution in [0, 0.1) is 0 Å². The van der Waals surface area contributed by atoms with Crippen LogP contribution in [0.15, 0.2) is 176 Å². The van der Waals surface area contributed by atoms with Gasteiger partial charge in [0.15, 0.2) is 17.5 Å². The molecular weight excluding hydrogens is 558 g/mol. The second-order valence-electron chi connectivity index (χ2n) is 11.3. The molecule has 0 N–H and O–H groups in total. The minimum Gasteiger partial charge on any atom is -0.208 e. The van der Waals surface area contributed by atoms with Gasteiger partial charge in [-0.15, -0.1) is 0 Å². The first kappa shape index (κ1) is 27.4. The first-order valence-corrected chi connectivity index (χ1v) is 15.4. The number of hydrogen-bond donors (Lipinski definition) is 0. The highest BCUT2D eigenvalue weighted by Crippen LogP contribution is 2.32. The molecule has 8 aromatic rings. The first-order chi connectivity index (χ1) is 22.8. The maximum absolute atomic E-state index is 5.06. The Morgan fingerprint density at radius 3 is 0.957 bits per heavy atom. The van der Waals surface area contributed by atoms with Gasteiger partial charge in [0.25, 0.3) is 0 Å². The maximum atomic E-state index is 5.06. The molecule has 1 heterocycles. The summed E-state index contributed by atoms with van der Waals surface area (Å²) >= 11 is 0. The summed E-state index contributed by atoms with van der Waals surface area (Å²) in [6.07, 6.45) is 0. The van der Waals surface area contributed by atoms with Crippen LogP contribution in [-0.2, 0) is 0 Å². The molecule has 1 aromatic heterocycles. The van der Waals surface area contributed by atoms with Crippen LogP contribution >= 0.6 is 0 Å². The molecule has 0 saturated carbocycles. The Bertz CT molecular complexity index is 2190. The number of nitrogens with zero attached hydrogens (tertiary/aromatic N) is 3. The average molecular weight is 588 g/mol. The van der Waals surface area contributed by atoms with Crippen LogP contribution in [0.25, 0.3) is 78.3 Å². The van der Waals surface area contributed by atoms with E-state index >= 15 is 0 Å². The van der Waals surface area contributed by atoms with Crippen LogP contribution in [0.3, 0.4) is 0 Å². The molecule has 3 nitrogen and oxygen atoms in total. The van der Waals surface area contributed by atoms with Crippen LogP contribution in [0.4, 0.5) is 0 Å². The van der Waals surface area contributed by atoms with Crippen LogP contribution < -0.4 is 0 Å². The van der Waals surface area contributed by atoms with E-state index in [2.05, 4.69) is 158 Å². The quantitative estimate of drug-likeness (QED) is 0.194. The molecule has 216 valence electrons. The van der Waals surface area contributed by atoms with Gasteiger partial charge in [-0.3, -0.25) is 0 Å². The van der Waals surface area contributed by atoms with E-state index in [-0.39, 0.29) is 0 Å². The van der Waals surface area contributed by atoms with Crippen molar-refractivity contribution in [2.24, 2.45) is 0 Å². The molecule has 0 aliphatic carbocycles. The highest BCUT2D eigenvalue weighted by Gasteiger charge is 2.14. The van der Waals surface area contributed by atoms with E-state index in [4.69, 9.17) is 15.0 Å². The first-order valence-electron chi connectivity index (χ1n) is 15.4. The Morgan fingerprint density at radius 1 is 0.217 bits per heavy atom. The third-order valence-corrected chi connectivity index (χ3v) is 8.30. The van der Waals surface area contributed by atoms with Gasteiger partial charge in [0, 0.05) is 16.7 Å². The fourth-order valence-electron chi connectivity index (χ4n) is 5.90. The van der Waals surface area contributed by atoms with Gasteiger partial charge in [-0.25, -0.2) is 15.0 Å². The van der Waals surface area contributed by atoms with Gasteiger partial charge in [0.2, 0.25) is 0 Å². The van der Waals surface area contributed by atoms with E-state index in [1.54, 1.807) is 0 Å². The van der Waals surface area contributed by atoms with Gasteiger partial charge in [0.1, 0.15) is 0 Å². The number of benzene rings is 7. The van der Waals surface area contributed by atoms with Crippen molar-refractivity contribution in [3.8, 4) is 67.5 Å². The van der Waals surface area contributed by atoms with Gasteiger partial charge >= 0.3 is 0 Å². The van der Waals surface area contributed by atoms with Crippen molar-refractivity contribution in [1.82, 2.24) is 15.0 Å². The van der Waals surface area contributed by atoms with Gasteiger partial charge in [-0.05, 0) is 68.4 Å². The lowest BCUT2D eigenvalue weighted by molar-refractivity contribution is 1.07. The molecule has 0 radical (unpaired) electrons. The van der Waals surface area contributed by atoms with Crippen LogP contribution in [-0.4, -0.2) is 15.0 Å². The van der Waals surface area contributed by atoms with E-state index in [1.807, 2.05) is 18.2 Å². The Labute approximate surface area is 268 Å². The van der Waals surface area contributed by atoms with Crippen LogP contribution in [0.2, 0.25) is 0 Å². The maximum Gasteiger partial charge on any atom is 0.164 e. The minimum atomic E-state index is 0.641. The highest BCUT2D eigenvalue weighted by atomic mass is 15.0. The number of aromatic nitrogens is 3. The normalized spacial score (nSPS) is 11.0. The molecule has 0 unspecified atom stereocenters. The van der Waals surface area contributed by atoms with E-state index in [9.17, 15) is 0 Å². The Morgan fingerprint density at radius 2 is 0.522 bits per heavy atom. The van der Waals surface area contributed by atoms with Gasteiger partial charge < -0.3 is 0 Å². The third-order valence-electron chi connectivity index (χ3n) is 8.30. The van der Waals surface area contributed by atoms with E-state index < -0.39 is 0 Å². The predicted octanol–water partition coefficient (Wildman–Crippen LogP) is 11.0. The van der Waals surface area contributed by atoms with Crippen LogP contribution in [0.5, 0.6) is 0 Å². The summed E-state index contributed by atoms with van der Waals surface area (Å²) in [6, 6.07) is 61.1. The Hall–Kier alpha value is -6.19. The molecule has 8 rings (SSSR count). The van der Waals surface area contributed by atoms with E-state index in [0.717, 1.165) is 44.3 Å².